The second-order valence-electron chi connectivity index (χ2n) is 9.58. The lowest BCUT2D eigenvalue weighted by Gasteiger charge is -2.50. The zero-order valence-corrected chi connectivity index (χ0v) is 20.6. The Bertz CT molecular complexity index is 1180. The first-order valence-electron chi connectivity index (χ1n) is 12.0. The van der Waals surface area contributed by atoms with Crippen molar-refractivity contribution in [2.75, 3.05) is 33.4 Å². The van der Waals surface area contributed by atoms with Gasteiger partial charge in [0, 0.05) is 52.6 Å². The van der Waals surface area contributed by atoms with Crippen LogP contribution in [0.2, 0.25) is 5.02 Å². The predicted molar refractivity (Wildman–Crippen MR) is 134 cm³/mol. The minimum Gasteiger partial charge on any atom is -0.497 e. The van der Waals surface area contributed by atoms with E-state index in [4.69, 9.17) is 16.3 Å². The minimum absolute atomic E-state index is 0.0869. The number of hydrogen-bond acceptors (Lipinski definition) is 4. The first kappa shape index (κ1) is 23.2. The number of amides is 1. The van der Waals surface area contributed by atoms with E-state index in [1.54, 1.807) is 7.11 Å². The number of aromatic nitrogens is 1. The highest BCUT2D eigenvalue weighted by Gasteiger charge is 2.48. The Morgan fingerprint density at radius 1 is 1.21 bits per heavy atom. The number of hydrogen-bond donors (Lipinski definition) is 2. The van der Waals surface area contributed by atoms with E-state index < -0.39 is 0 Å². The summed E-state index contributed by atoms with van der Waals surface area (Å²) in [6.07, 6.45) is 2.34. The number of carbonyl (C=O) groups is 1. The van der Waals surface area contributed by atoms with Crippen LogP contribution >= 0.6 is 11.6 Å². The van der Waals surface area contributed by atoms with Crippen LogP contribution in [0.25, 0.3) is 10.9 Å². The zero-order valence-electron chi connectivity index (χ0n) is 19.8. The van der Waals surface area contributed by atoms with E-state index in [-0.39, 0.29) is 24.0 Å². The highest BCUT2D eigenvalue weighted by molar-refractivity contribution is 6.30. The van der Waals surface area contributed by atoms with E-state index >= 15 is 0 Å². The normalized spacial score (nSPS) is 20.0. The fraction of sp³-hybridized carbons (Fsp3) is 0.444. The van der Waals surface area contributed by atoms with Crippen molar-refractivity contribution < 1.29 is 14.6 Å². The van der Waals surface area contributed by atoms with Crippen LogP contribution in [0.3, 0.4) is 0 Å². The number of ether oxygens (including phenoxy) is 1. The average molecular weight is 482 g/mol. The number of fused-ring (bicyclic) bond motifs is 4. The van der Waals surface area contributed by atoms with Gasteiger partial charge in [0.2, 0.25) is 5.91 Å². The molecule has 1 amide bonds. The Hall–Kier alpha value is -2.54. The number of aromatic amines is 1. The van der Waals surface area contributed by atoms with Gasteiger partial charge in [-0.25, -0.2) is 0 Å². The van der Waals surface area contributed by atoms with Crippen molar-refractivity contribution in [2.24, 2.45) is 0 Å². The van der Waals surface area contributed by atoms with Gasteiger partial charge in [-0.1, -0.05) is 30.7 Å². The highest BCUT2D eigenvalue weighted by atomic mass is 35.5. The number of likely N-dealkylation sites (tertiary alicyclic amines) is 1. The molecule has 7 heteroatoms. The first-order chi connectivity index (χ1) is 16.5. The number of H-pyrrole nitrogens is 1. The molecule has 0 bridgehead atoms. The molecule has 34 heavy (non-hydrogen) atoms. The van der Waals surface area contributed by atoms with Crippen molar-refractivity contribution >= 4 is 28.4 Å². The van der Waals surface area contributed by atoms with Crippen LogP contribution < -0.4 is 4.74 Å². The highest BCUT2D eigenvalue weighted by Crippen LogP contribution is 2.49. The molecule has 1 fully saturated rings. The predicted octanol–water partition coefficient (Wildman–Crippen LogP) is 4.65. The van der Waals surface area contributed by atoms with E-state index in [1.807, 2.05) is 36.1 Å². The number of nitrogens with one attached hydrogen (secondary N) is 1. The number of benzene rings is 2. The SMILES string of the molecule is CCC(=O)N1CC2(CCN(Cc3ccc(Cl)cc3)CC2)c2c([nH]c3cc(OC)ccc23)[C@H]1CO. The van der Waals surface area contributed by atoms with Gasteiger partial charge in [0.1, 0.15) is 5.75 Å². The molecule has 1 atom stereocenters. The molecule has 2 aliphatic rings. The molecule has 3 heterocycles. The lowest BCUT2D eigenvalue weighted by molar-refractivity contribution is -0.137. The number of nitrogens with zero attached hydrogens (tertiary/aromatic N) is 2. The number of aliphatic hydroxyl groups is 1. The van der Waals surface area contributed by atoms with Crippen LogP contribution in [0.4, 0.5) is 0 Å². The summed E-state index contributed by atoms with van der Waals surface area (Å²) in [5, 5.41) is 12.3. The molecule has 0 unspecified atom stereocenters. The molecule has 1 aromatic heterocycles. The molecule has 2 aromatic carbocycles. The van der Waals surface area contributed by atoms with E-state index in [9.17, 15) is 9.90 Å². The molecule has 0 radical (unpaired) electrons. The second-order valence-corrected chi connectivity index (χ2v) is 10.0. The van der Waals surface area contributed by atoms with E-state index in [0.29, 0.717) is 13.0 Å². The smallest absolute Gasteiger partial charge is 0.222 e. The lowest BCUT2D eigenvalue weighted by atomic mass is 9.68. The number of piperidine rings is 1. The Balaban J connectivity index is 1.51. The molecule has 0 saturated carbocycles. The van der Waals surface area contributed by atoms with Gasteiger partial charge in [0.05, 0.1) is 19.8 Å². The summed E-state index contributed by atoms with van der Waals surface area (Å²) < 4.78 is 5.45. The standard InChI is InChI=1S/C27H32ClN3O3/c1-3-24(33)31-17-27(10-12-30(13-11-27)15-18-4-6-19(28)7-5-18)25-21-9-8-20(34-2)14-22(21)29-26(25)23(31)16-32/h4-9,14,23,29,32H,3,10-13,15-17H2,1-2H3/t23-/m1/s1. The van der Waals surface area contributed by atoms with Gasteiger partial charge < -0.3 is 19.7 Å². The third kappa shape index (κ3) is 3.98. The summed E-state index contributed by atoms with van der Waals surface area (Å²) in [4.78, 5) is 20.9. The number of rotatable bonds is 5. The maximum absolute atomic E-state index is 13.0. The summed E-state index contributed by atoms with van der Waals surface area (Å²) in [6, 6.07) is 13.8. The number of methoxy groups -OCH3 is 1. The van der Waals surface area contributed by atoms with Crippen LogP contribution in [0.1, 0.15) is 49.0 Å². The molecule has 5 rings (SSSR count). The molecule has 3 aromatic rings. The summed E-state index contributed by atoms with van der Waals surface area (Å²) >= 11 is 6.06. The Kier molecular flexibility index (Phi) is 6.32. The number of aliphatic hydroxyl groups excluding tert-OH is 1. The minimum atomic E-state index is -0.349. The number of carbonyl (C=O) groups excluding carboxylic acids is 1. The largest absolute Gasteiger partial charge is 0.497 e. The molecule has 6 nitrogen and oxygen atoms in total. The third-order valence-corrected chi connectivity index (χ3v) is 7.93. The Labute approximate surface area is 205 Å². The zero-order chi connectivity index (χ0) is 23.9. The first-order valence-corrected chi connectivity index (χ1v) is 12.4. The third-order valence-electron chi connectivity index (χ3n) is 7.68. The average Bonchev–Trinajstić information content (AvgIpc) is 3.25. The molecule has 1 saturated heterocycles. The molecule has 1 spiro atoms. The van der Waals surface area contributed by atoms with Gasteiger partial charge in [-0.3, -0.25) is 9.69 Å². The molecule has 2 N–H and O–H groups in total. The van der Waals surface area contributed by atoms with Crippen molar-refractivity contribution in [1.82, 2.24) is 14.8 Å². The maximum Gasteiger partial charge on any atom is 0.222 e. The molecule has 0 aliphatic carbocycles. The molecular weight excluding hydrogens is 450 g/mol. The molecule has 2 aliphatic heterocycles. The van der Waals surface area contributed by atoms with Crippen molar-refractivity contribution in [2.45, 2.75) is 44.2 Å². The van der Waals surface area contributed by atoms with Crippen LogP contribution in [-0.4, -0.2) is 59.1 Å². The molecule has 180 valence electrons. The van der Waals surface area contributed by atoms with E-state index in [2.05, 4.69) is 28.1 Å². The lowest BCUT2D eigenvalue weighted by Crippen LogP contribution is -2.55. The van der Waals surface area contributed by atoms with Crippen molar-refractivity contribution in [3.05, 3.63) is 64.3 Å². The Morgan fingerprint density at radius 3 is 2.59 bits per heavy atom. The monoisotopic (exact) mass is 481 g/mol. The fourth-order valence-electron chi connectivity index (χ4n) is 5.87. The Morgan fingerprint density at radius 2 is 1.94 bits per heavy atom. The van der Waals surface area contributed by atoms with Crippen molar-refractivity contribution in [3.63, 3.8) is 0 Å². The van der Waals surface area contributed by atoms with Crippen molar-refractivity contribution in [3.8, 4) is 5.75 Å². The van der Waals surface area contributed by atoms with E-state index in [1.165, 1.54) is 16.5 Å². The van der Waals surface area contributed by atoms with Crippen molar-refractivity contribution in [1.29, 1.82) is 0 Å². The number of halogens is 1. The van der Waals surface area contributed by atoms with Crippen LogP contribution in [-0.2, 0) is 16.8 Å². The quantitative estimate of drug-likeness (QED) is 0.556. The topological polar surface area (TPSA) is 68.8 Å². The summed E-state index contributed by atoms with van der Waals surface area (Å²) in [6.45, 7) is 5.23. The second kappa shape index (κ2) is 9.25. The van der Waals surface area contributed by atoms with Crippen LogP contribution in [0.5, 0.6) is 5.75 Å². The molecular formula is C27H32ClN3O3. The fourth-order valence-corrected chi connectivity index (χ4v) is 5.99. The van der Waals surface area contributed by atoms with Crippen LogP contribution in [0.15, 0.2) is 42.5 Å². The van der Waals surface area contributed by atoms with Gasteiger partial charge in [0.15, 0.2) is 0 Å². The maximum atomic E-state index is 13.0. The summed E-state index contributed by atoms with van der Waals surface area (Å²) in [7, 11) is 1.67. The van der Waals surface area contributed by atoms with Gasteiger partial charge >= 0.3 is 0 Å². The van der Waals surface area contributed by atoms with Gasteiger partial charge in [-0.2, -0.15) is 0 Å². The van der Waals surface area contributed by atoms with Gasteiger partial charge in [0.25, 0.3) is 0 Å². The van der Waals surface area contributed by atoms with Gasteiger partial charge in [-0.15, -0.1) is 0 Å². The summed E-state index contributed by atoms with van der Waals surface area (Å²) in [5.41, 5.74) is 4.36. The van der Waals surface area contributed by atoms with Crippen LogP contribution in [0, 0.1) is 0 Å². The summed E-state index contributed by atoms with van der Waals surface area (Å²) in [5.74, 6) is 0.879. The van der Waals surface area contributed by atoms with Gasteiger partial charge in [-0.05, 0) is 61.3 Å². The van der Waals surface area contributed by atoms with E-state index in [0.717, 1.165) is 54.5 Å².